The molecule has 1 atom stereocenters. The Morgan fingerprint density at radius 3 is 2.10 bits per heavy atom. The van der Waals surface area contributed by atoms with Crippen molar-refractivity contribution < 1.29 is 23.1 Å². The van der Waals surface area contributed by atoms with E-state index in [9.17, 15) is 18.3 Å². The summed E-state index contributed by atoms with van der Waals surface area (Å²) in [7, 11) is -3.65. The predicted octanol–water partition coefficient (Wildman–Crippen LogP) is 6.62. The van der Waals surface area contributed by atoms with E-state index in [1.165, 1.54) is 10.6 Å². The predicted molar refractivity (Wildman–Crippen MR) is 160 cm³/mol. The van der Waals surface area contributed by atoms with Crippen molar-refractivity contribution in [2.75, 3.05) is 17.1 Å². The second-order valence-electron chi connectivity index (χ2n) is 11.6. The smallest absolute Gasteiger partial charge is 0.337 e. The van der Waals surface area contributed by atoms with Gasteiger partial charge in [0.1, 0.15) is 0 Å². The summed E-state index contributed by atoms with van der Waals surface area (Å²) < 4.78 is 36.2. The third-order valence-electron chi connectivity index (χ3n) is 7.53. The second kappa shape index (κ2) is 9.78. The Bertz CT molecular complexity index is 1730. The molecule has 3 aromatic carbocycles. The molecule has 5 rings (SSSR count). The van der Waals surface area contributed by atoms with Crippen molar-refractivity contribution in [3.05, 3.63) is 76.9 Å². The van der Waals surface area contributed by atoms with Crippen LogP contribution in [0, 0.1) is 20.8 Å². The van der Waals surface area contributed by atoms with E-state index in [0.717, 1.165) is 44.4 Å². The average molecular weight is 561 g/mol. The maximum Gasteiger partial charge on any atom is 0.337 e. The van der Waals surface area contributed by atoms with Gasteiger partial charge in [-0.1, -0.05) is 60.2 Å². The molecule has 2 heterocycles. The summed E-state index contributed by atoms with van der Waals surface area (Å²) in [5, 5.41) is 11.4. The Morgan fingerprint density at radius 1 is 0.925 bits per heavy atom. The SMILES string of the molecule is Cc1ccc(-c2c(C(OC(C)(C)C)C(=O)O)c(C)c3c4c2c(C)c(-c2ccccc2)n4CCN3S(C)(=O)=O)cc1. The van der Waals surface area contributed by atoms with Crippen molar-refractivity contribution in [3.63, 3.8) is 0 Å². The van der Waals surface area contributed by atoms with Gasteiger partial charge in [-0.05, 0) is 69.4 Å². The molecule has 0 aliphatic carbocycles. The first-order valence-corrected chi connectivity index (χ1v) is 15.3. The fourth-order valence-corrected chi connectivity index (χ4v) is 6.96. The summed E-state index contributed by atoms with van der Waals surface area (Å²) in [5.41, 5.74) is 7.30. The largest absolute Gasteiger partial charge is 0.479 e. The third kappa shape index (κ3) is 4.69. The first-order valence-electron chi connectivity index (χ1n) is 13.4. The molecule has 0 amide bonds. The van der Waals surface area contributed by atoms with Crippen molar-refractivity contribution in [1.29, 1.82) is 0 Å². The molecular weight excluding hydrogens is 524 g/mol. The quantitative estimate of drug-likeness (QED) is 0.286. The Labute approximate surface area is 236 Å². The van der Waals surface area contributed by atoms with Gasteiger partial charge in [0.05, 0.1) is 35.3 Å². The van der Waals surface area contributed by atoms with Crippen LogP contribution in [0.15, 0.2) is 54.6 Å². The lowest BCUT2D eigenvalue weighted by Gasteiger charge is -2.34. The van der Waals surface area contributed by atoms with Gasteiger partial charge in [0.15, 0.2) is 6.10 Å². The molecule has 1 N–H and O–H groups in total. The maximum atomic E-state index is 13.2. The number of benzene rings is 3. The number of hydrogen-bond donors (Lipinski definition) is 1. The monoisotopic (exact) mass is 560 g/mol. The summed E-state index contributed by atoms with van der Waals surface area (Å²) in [5.74, 6) is -1.12. The van der Waals surface area contributed by atoms with E-state index in [2.05, 4.69) is 16.7 Å². The molecule has 0 saturated heterocycles. The van der Waals surface area contributed by atoms with Gasteiger partial charge in [-0.3, -0.25) is 4.31 Å². The molecule has 40 heavy (non-hydrogen) atoms. The lowest BCUT2D eigenvalue weighted by Crippen LogP contribution is -2.37. The first-order chi connectivity index (χ1) is 18.7. The Balaban J connectivity index is 2.04. The van der Waals surface area contributed by atoms with E-state index in [-0.39, 0.29) is 6.54 Å². The fraction of sp³-hybridized carbons (Fsp3) is 0.344. The molecule has 1 aliphatic rings. The number of carboxylic acids is 1. The molecule has 210 valence electrons. The van der Waals surface area contributed by atoms with Crippen LogP contribution in [0.3, 0.4) is 0 Å². The fourth-order valence-electron chi connectivity index (χ4n) is 5.99. The molecule has 0 spiro atoms. The Hall–Kier alpha value is -3.62. The van der Waals surface area contributed by atoms with Gasteiger partial charge >= 0.3 is 5.97 Å². The molecule has 1 aliphatic heterocycles. The number of carboxylic acid groups (broad SMARTS) is 1. The number of rotatable bonds is 6. The molecule has 7 nitrogen and oxygen atoms in total. The molecule has 0 saturated carbocycles. The number of carbonyl (C=O) groups is 1. The van der Waals surface area contributed by atoms with Crippen molar-refractivity contribution in [3.8, 4) is 22.4 Å². The van der Waals surface area contributed by atoms with Crippen LogP contribution >= 0.6 is 0 Å². The number of aryl methyl sites for hydroxylation is 2. The van der Waals surface area contributed by atoms with Gasteiger partial charge in [0, 0.05) is 17.5 Å². The summed E-state index contributed by atoms with van der Waals surface area (Å²) in [4.78, 5) is 12.9. The minimum atomic E-state index is -3.65. The minimum Gasteiger partial charge on any atom is -0.479 e. The molecule has 1 unspecified atom stereocenters. The zero-order chi connectivity index (χ0) is 29.1. The van der Waals surface area contributed by atoms with Gasteiger partial charge < -0.3 is 14.4 Å². The van der Waals surface area contributed by atoms with Gasteiger partial charge in [-0.2, -0.15) is 0 Å². The highest BCUT2D eigenvalue weighted by Gasteiger charge is 2.39. The summed E-state index contributed by atoms with van der Waals surface area (Å²) in [6.45, 7) is 12.1. The lowest BCUT2D eigenvalue weighted by molar-refractivity contribution is -0.160. The maximum absolute atomic E-state index is 13.2. The third-order valence-corrected chi connectivity index (χ3v) is 8.70. The van der Waals surface area contributed by atoms with E-state index < -0.39 is 27.7 Å². The van der Waals surface area contributed by atoms with Crippen LogP contribution in [0.4, 0.5) is 5.69 Å². The van der Waals surface area contributed by atoms with Crippen molar-refractivity contribution in [2.24, 2.45) is 0 Å². The second-order valence-corrected chi connectivity index (χ2v) is 13.5. The Kier molecular flexibility index (Phi) is 6.83. The lowest BCUT2D eigenvalue weighted by atomic mass is 9.86. The Morgan fingerprint density at radius 2 is 1.55 bits per heavy atom. The van der Waals surface area contributed by atoms with Crippen molar-refractivity contribution in [2.45, 2.75) is 59.8 Å². The zero-order valence-electron chi connectivity index (χ0n) is 24.1. The number of nitrogens with zero attached hydrogens (tertiary/aromatic N) is 2. The highest BCUT2D eigenvalue weighted by molar-refractivity contribution is 7.92. The standard InChI is InChI=1S/C32H36N2O5S/c1-19-13-15-22(16-14-19)26-24-20(2)27(23-11-9-8-10-12-23)33-17-18-34(40(7,37)38)28(29(24)33)21(3)25(26)30(31(35)36)39-32(4,5)6/h8-16,30H,17-18H2,1-7H3,(H,35,36). The molecule has 8 heteroatoms. The van der Waals surface area contributed by atoms with E-state index in [1.807, 2.05) is 84.0 Å². The molecule has 0 bridgehead atoms. The zero-order valence-corrected chi connectivity index (χ0v) is 24.9. The van der Waals surface area contributed by atoms with Crippen LogP contribution in [0.5, 0.6) is 0 Å². The van der Waals surface area contributed by atoms with Gasteiger partial charge in [-0.25, -0.2) is 13.2 Å². The van der Waals surface area contributed by atoms with Crippen molar-refractivity contribution >= 4 is 32.6 Å². The van der Waals surface area contributed by atoms with Gasteiger partial charge in [-0.15, -0.1) is 0 Å². The molecule has 1 aromatic heterocycles. The average Bonchev–Trinajstić information content (AvgIpc) is 3.16. The normalized spacial score (nSPS) is 14.5. The topological polar surface area (TPSA) is 88.8 Å². The molecule has 4 aromatic rings. The number of aromatic nitrogens is 1. The molecule has 0 radical (unpaired) electrons. The number of anilines is 1. The van der Waals surface area contributed by atoms with Crippen LogP contribution in [0.2, 0.25) is 0 Å². The van der Waals surface area contributed by atoms with E-state index >= 15 is 0 Å². The van der Waals surface area contributed by atoms with Crippen LogP contribution in [0.25, 0.3) is 33.3 Å². The highest BCUT2D eigenvalue weighted by Crippen LogP contribution is 2.51. The summed E-state index contributed by atoms with van der Waals surface area (Å²) >= 11 is 0. The first kappa shape index (κ1) is 27.9. The summed E-state index contributed by atoms with van der Waals surface area (Å²) in [6.07, 6.45) is -0.112. The van der Waals surface area contributed by atoms with Crippen LogP contribution in [-0.4, -0.2) is 42.5 Å². The number of sulfonamides is 1. The molecular formula is C32H36N2O5S. The highest BCUT2D eigenvalue weighted by atomic mass is 32.2. The van der Waals surface area contributed by atoms with Crippen molar-refractivity contribution in [1.82, 2.24) is 4.57 Å². The number of aliphatic carboxylic acids is 1. The number of hydrogen-bond acceptors (Lipinski definition) is 4. The number of ether oxygens (including phenoxy) is 1. The van der Waals surface area contributed by atoms with Crippen LogP contribution in [0.1, 0.15) is 49.1 Å². The van der Waals surface area contributed by atoms with E-state index in [0.29, 0.717) is 23.4 Å². The van der Waals surface area contributed by atoms with E-state index in [1.54, 1.807) is 0 Å². The summed E-state index contributed by atoms with van der Waals surface area (Å²) in [6, 6.07) is 18.1. The molecule has 0 fully saturated rings. The van der Waals surface area contributed by atoms with Gasteiger partial charge in [0.2, 0.25) is 10.0 Å². The van der Waals surface area contributed by atoms with Gasteiger partial charge in [0.25, 0.3) is 0 Å². The van der Waals surface area contributed by atoms with Crippen LogP contribution in [-0.2, 0) is 26.1 Å². The minimum absolute atomic E-state index is 0.247. The van der Waals surface area contributed by atoms with Crippen LogP contribution < -0.4 is 4.31 Å². The van der Waals surface area contributed by atoms with E-state index in [4.69, 9.17) is 4.74 Å².